The number of aromatic carboxylic acids is 1. The molecular weight excluding hydrogens is 1220 g/mol. The number of benzene rings is 4. The number of carbonyl (C=O) groups is 4. The van der Waals surface area contributed by atoms with Crippen molar-refractivity contribution in [1.29, 1.82) is 0 Å². The Morgan fingerprint density at radius 2 is 0.968 bits per heavy atom. The fourth-order valence-corrected chi connectivity index (χ4v) is 10.1. The number of nitrogens with two attached hydrogens (primary N) is 1. The normalized spacial score (nSPS) is 14.4. The number of nitrogens with one attached hydrogen (secondary N) is 3. The highest BCUT2D eigenvalue weighted by molar-refractivity contribution is 6.04. The summed E-state index contributed by atoms with van der Waals surface area (Å²) in [4.78, 5) is 77.2. The van der Waals surface area contributed by atoms with Crippen molar-refractivity contribution in [2.75, 3.05) is 62.1 Å². The van der Waals surface area contributed by atoms with Crippen molar-refractivity contribution >= 4 is 69.4 Å². The monoisotopic (exact) mass is 1290 g/mol. The molecule has 0 bridgehead atoms. The molecule has 0 aliphatic carbocycles. The quantitative estimate of drug-likeness (QED) is 0.0565. The van der Waals surface area contributed by atoms with Gasteiger partial charge in [-0.05, 0) is 150 Å². The van der Waals surface area contributed by atoms with Crippen molar-refractivity contribution < 1.29 is 52.7 Å². The summed E-state index contributed by atoms with van der Waals surface area (Å²) in [6.45, 7) is 14.1. The number of nitrogens with zero attached hydrogens (tertiary/aromatic N) is 12. The number of pyridine rings is 2. The fraction of sp³-hybridized carbons (Fsp3) is 0.294. The number of nitrogen functional groups attached to an aromatic ring is 1. The van der Waals surface area contributed by atoms with Gasteiger partial charge >= 0.3 is 18.2 Å². The zero-order chi connectivity index (χ0) is 67.2. The molecule has 27 nitrogen and oxygen atoms in total. The van der Waals surface area contributed by atoms with Crippen LogP contribution in [-0.4, -0.2) is 152 Å². The van der Waals surface area contributed by atoms with Crippen LogP contribution in [0, 0.1) is 0 Å². The molecule has 27 heteroatoms. The van der Waals surface area contributed by atoms with Crippen LogP contribution in [0.5, 0.6) is 34.5 Å². The van der Waals surface area contributed by atoms with Crippen LogP contribution in [0.25, 0.3) is 22.1 Å². The van der Waals surface area contributed by atoms with Gasteiger partial charge in [0.15, 0.2) is 22.9 Å². The van der Waals surface area contributed by atoms with E-state index in [9.17, 15) is 24.3 Å². The number of methoxy groups -OCH3 is 2. The molecule has 2 aliphatic heterocycles. The Morgan fingerprint density at radius 3 is 1.35 bits per heavy atom. The number of anilines is 4. The third kappa shape index (κ3) is 17.9. The maximum atomic E-state index is 12.7. The number of hydrogen-bond donors (Lipinski definition) is 5. The van der Waals surface area contributed by atoms with Gasteiger partial charge in [0.25, 0.3) is 5.91 Å². The molecular formula is C68H74N16O11. The Bertz CT molecular complexity index is 4240. The summed E-state index contributed by atoms with van der Waals surface area (Å²) in [6, 6.07) is 35.2. The highest BCUT2D eigenvalue weighted by Crippen LogP contribution is 2.38. The maximum absolute atomic E-state index is 12.7. The van der Waals surface area contributed by atoms with Gasteiger partial charge in [-0.2, -0.15) is 10.2 Å². The molecule has 0 unspecified atom stereocenters. The first-order valence-electron chi connectivity index (χ1n) is 30.5. The smallest absolute Gasteiger partial charge is 0.410 e. The predicted octanol–water partition coefficient (Wildman–Crippen LogP) is 11.2. The summed E-state index contributed by atoms with van der Waals surface area (Å²) in [6.07, 6.45) is 10.0. The van der Waals surface area contributed by atoms with Gasteiger partial charge in [-0.3, -0.25) is 4.79 Å². The first kappa shape index (κ1) is 66.3. The second-order valence-electron chi connectivity index (χ2n) is 24.1. The summed E-state index contributed by atoms with van der Waals surface area (Å²) in [5.74, 6) is 4.38. The predicted molar refractivity (Wildman–Crippen MR) is 355 cm³/mol. The molecule has 10 aromatic rings. The molecule has 6 aromatic heterocycles. The van der Waals surface area contributed by atoms with Gasteiger partial charge in [0.05, 0.1) is 32.9 Å². The maximum Gasteiger partial charge on any atom is 0.410 e. The largest absolute Gasteiger partial charge is 0.497 e. The van der Waals surface area contributed by atoms with Gasteiger partial charge in [-0.1, -0.05) is 24.3 Å². The van der Waals surface area contributed by atoms with E-state index in [1.54, 1.807) is 114 Å². The lowest BCUT2D eigenvalue weighted by atomic mass is 10.2. The first-order chi connectivity index (χ1) is 45.6. The first-order valence-corrected chi connectivity index (χ1v) is 30.5. The third-order valence-corrected chi connectivity index (χ3v) is 14.6. The Balaban J connectivity index is 0.000000189. The summed E-state index contributed by atoms with van der Waals surface area (Å²) < 4.78 is 37.9. The summed E-state index contributed by atoms with van der Waals surface area (Å²) in [5.41, 5.74) is 7.95. The second kappa shape index (κ2) is 29.8. The van der Waals surface area contributed by atoms with E-state index >= 15 is 0 Å². The number of rotatable bonds is 17. The van der Waals surface area contributed by atoms with Gasteiger partial charge in [0.2, 0.25) is 0 Å². The van der Waals surface area contributed by atoms with E-state index in [0.29, 0.717) is 113 Å². The summed E-state index contributed by atoms with van der Waals surface area (Å²) in [5, 5.41) is 30.2. The van der Waals surface area contributed by atoms with Crippen molar-refractivity contribution in [3.63, 3.8) is 0 Å². The van der Waals surface area contributed by atoms with Gasteiger partial charge in [-0.15, -0.1) is 0 Å². The van der Waals surface area contributed by atoms with Crippen molar-refractivity contribution in [2.24, 2.45) is 0 Å². The number of carbonyl (C=O) groups excluding carboxylic acids is 3. The Morgan fingerprint density at radius 1 is 0.537 bits per heavy atom. The van der Waals surface area contributed by atoms with E-state index in [-0.39, 0.29) is 35.7 Å². The zero-order valence-electron chi connectivity index (χ0n) is 53.8. The molecule has 4 aromatic carbocycles. The van der Waals surface area contributed by atoms with Crippen LogP contribution in [0.3, 0.4) is 0 Å². The molecule has 12 rings (SSSR count). The van der Waals surface area contributed by atoms with Crippen molar-refractivity contribution in [2.45, 2.75) is 90.8 Å². The number of ether oxygens (including phenoxy) is 6. The highest BCUT2D eigenvalue weighted by atomic mass is 16.6. The zero-order valence-corrected chi connectivity index (χ0v) is 53.8. The average Bonchev–Trinajstić information content (AvgIpc) is 1.64. The Hall–Kier alpha value is -11.6. The van der Waals surface area contributed by atoms with Crippen LogP contribution in [0.4, 0.5) is 32.9 Å². The van der Waals surface area contributed by atoms with Gasteiger partial charge in [0.1, 0.15) is 80.8 Å². The molecule has 95 heavy (non-hydrogen) atoms. The average molecular weight is 1290 g/mol. The summed E-state index contributed by atoms with van der Waals surface area (Å²) in [7, 11) is 3.26. The third-order valence-electron chi connectivity index (χ3n) is 14.6. The van der Waals surface area contributed by atoms with E-state index in [0.717, 1.165) is 35.5 Å². The van der Waals surface area contributed by atoms with E-state index in [1.165, 1.54) is 24.8 Å². The number of likely N-dealkylation sites (tertiary alicyclic amines) is 2. The highest BCUT2D eigenvalue weighted by Gasteiger charge is 2.33. The van der Waals surface area contributed by atoms with Crippen LogP contribution >= 0.6 is 0 Å². The number of carboxylic acids is 1. The molecule has 0 radical (unpaired) electrons. The molecule has 8 heterocycles. The number of aromatic nitrogens is 10. The lowest BCUT2D eigenvalue weighted by molar-refractivity contribution is 0.0283. The number of carboxylic acid groups (broad SMARTS) is 1. The molecule has 3 amide bonds. The topological polar surface area (TPSA) is 325 Å². The molecule has 2 fully saturated rings. The molecule has 2 atom stereocenters. The lowest BCUT2D eigenvalue weighted by Gasteiger charge is -2.24. The van der Waals surface area contributed by atoms with Crippen LogP contribution in [-0.2, 0) is 22.6 Å². The van der Waals surface area contributed by atoms with Crippen molar-refractivity contribution in [3.05, 3.63) is 181 Å². The van der Waals surface area contributed by atoms with Gasteiger partial charge in [0, 0.05) is 80.7 Å². The van der Waals surface area contributed by atoms with Gasteiger partial charge < -0.3 is 65.0 Å². The minimum Gasteiger partial charge on any atom is -0.497 e. The number of amides is 3. The molecule has 6 N–H and O–H groups in total. The molecule has 0 saturated carbocycles. The van der Waals surface area contributed by atoms with Crippen LogP contribution < -0.4 is 40.6 Å². The van der Waals surface area contributed by atoms with E-state index in [2.05, 4.69) is 45.9 Å². The summed E-state index contributed by atoms with van der Waals surface area (Å²) >= 11 is 0. The van der Waals surface area contributed by atoms with Crippen LogP contribution in [0.15, 0.2) is 159 Å². The van der Waals surface area contributed by atoms with Crippen molar-refractivity contribution in [3.8, 4) is 34.5 Å². The van der Waals surface area contributed by atoms with Gasteiger partial charge in [-0.25, -0.2) is 53.7 Å². The van der Waals surface area contributed by atoms with E-state index in [1.807, 2.05) is 94.8 Å². The Labute approximate surface area is 547 Å². The molecule has 2 saturated heterocycles. The second-order valence-corrected chi connectivity index (χ2v) is 24.1. The minimum absolute atomic E-state index is 0.0574. The molecule has 0 spiro atoms. The number of hydrogen-bond acceptors (Lipinski definition) is 21. The Kier molecular flexibility index (Phi) is 20.8. The lowest BCUT2D eigenvalue weighted by Crippen LogP contribution is -2.36. The SMILES string of the molecule is COc1ccc(Cn2nc(N[C@@H]3CCN(C(=O)OC(C)(C)C)C3)c3c(Oc4ccc(C(=O)Nc5ccncn5)cc4)ccnc32)cc1.COc1ccc(Cn2nc(N[C@@H]3CCN(C(=O)OC(C)(C)C)C3)c3c(Oc4ccc(C(=O)O)cc4)ccnc32)cc1.Nc1ccncn1. The molecule has 2 aliphatic rings. The van der Waals surface area contributed by atoms with E-state index < -0.39 is 17.2 Å². The fourth-order valence-electron chi connectivity index (χ4n) is 10.1. The van der Waals surface area contributed by atoms with E-state index in [4.69, 9.17) is 44.4 Å². The van der Waals surface area contributed by atoms with Crippen LogP contribution in [0.2, 0.25) is 0 Å². The molecule has 492 valence electrons. The van der Waals surface area contributed by atoms with Crippen molar-refractivity contribution in [1.82, 2.24) is 59.3 Å². The minimum atomic E-state index is -1.01. The van der Waals surface area contributed by atoms with Crippen LogP contribution in [0.1, 0.15) is 86.2 Å². The number of fused-ring (bicyclic) bond motifs is 2. The standard InChI is InChI=1S/C34H36N8O5.C30H33N5O6.C4H5N3/c1-34(2,3)47-33(44)41-18-15-24(20-41)38-30-29-27(13-17-36-31(29)42(40-30)19-22-5-9-25(45-4)10-6-22)46-26-11-7-23(8-12-26)32(43)39-28-14-16-35-21-37-28;1-30(2,3)41-29(38)34-16-14-21(18-34)32-26-25-24(40-23-11-7-20(8-12-23)28(36)37)13-15-31-27(25)35(33-26)17-19-5-9-22(39-4)10-6-19;5-4-1-2-6-3-7-4/h5-14,16-17,21,24H,15,18-20H2,1-4H3,(H,38,40)(H,35,37,39,43);5-13,15,21H,14,16-18H2,1-4H3,(H,32,33)(H,36,37);1-3H,(H2,5,6,7)/t24-;21-;/m11./s1.